The quantitative estimate of drug-likeness (QED) is 0.251. The molecule has 1 aliphatic heterocycles. The lowest BCUT2D eigenvalue weighted by molar-refractivity contribution is -0.167. The lowest BCUT2D eigenvalue weighted by Gasteiger charge is -2.36. The van der Waals surface area contributed by atoms with Gasteiger partial charge in [0.25, 0.3) is 11.7 Å². The third kappa shape index (κ3) is 5.07. The molecule has 10 heteroatoms. The van der Waals surface area contributed by atoms with Crippen LogP contribution in [0.3, 0.4) is 0 Å². The molecular formula is C22H18Cl2F4N2O2. The maximum absolute atomic E-state index is 13.3. The average Bonchev–Trinajstić information content (AvgIpc) is 2.75. The number of nitrogens with zero attached hydrogens (tertiary/aromatic N) is 2. The van der Waals surface area contributed by atoms with Crippen molar-refractivity contribution < 1.29 is 27.2 Å². The van der Waals surface area contributed by atoms with E-state index in [1.54, 1.807) is 12.1 Å². The molecule has 4 nitrogen and oxygen atoms in total. The second-order valence-corrected chi connectivity index (χ2v) is 7.97. The van der Waals surface area contributed by atoms with Crippen molar-refractivity contribution in [1.82, 2.24) is 4.90 Å². The SMILES string of the molecule is C/C(=C(\C(=O)N1CCN(c2ccc(F)cc2)CC1)C(=O)C(F)(F)F)c1cccc(Cl)c1Cl. The van der Waals surface area contributed by atoms with Crippen molar-refractivity contribution in [3.8, 4) is 0 Å². The van der Waals surface area contributed by atoms with Gasteiger partial charge in [-0.2, -0.15) is 13.2 Å². The van der Waals surface area contributed by atoms with E-state index in [1.165, 1.54) is 42.2 Å². The molecule has 2 aromatic carbocycles. The Kier molecular flexibility index (Phi) is 7.15. The number of anilines is 1. The lowest BCUT2D eigenvalue weighted by atomic mass is 9.96. The third-order valence-corrected chi connectivity index (χ3v) is 6.01. The van der Waals surface area contributed by atoms with Crippen molar-refractivity contribution in [2.45, 2.75) is 13.1 Å². The summed E-state index contributed by atoms with van der Waals surface area (Å²) in [5, 5.41) is 0.0377. The van der Waals surface area contributed by atoms with Crippen molar-refractivity contribution in [3.05, 3.63) is 69.5 Å². The zero-order chi connectivity index (χ0) is 23.6. The van der Waals surface area contributed by atoms with Gasteiger partial charge < -0.3 is 9.80 Å². The van der Waals surface area contributed by atoms with E-state index in [1.807, 2.05) is 4.90 Å². The van der Waals surface area contributed by atoms with Crippen LogP contribution in [-0.2, 0) is 9.59 Å². The van der Waals surface area contributed by atoms with Crippen molar-refractivity contribution in [2.75, 3.05) is 31.1 Å². The zero-order valence-corrected chi connectivity index (χ0v) is 18.4. The molecule has 0 spiro atoms. The van der Waals surface area contributed by atoms with E-state index in [2.05, 4.69) is 0 Å². The average molecular weight is 489 g/mol. The third-order valence-electron chi connectivity index (χ3n) is 5.19. The van der Waals surface area contributed by atoms with Crippen LogP contribution in [0.15, 0.2) is 48.0 Å². The summed E-state index contributed by atoms with van der Waals surface area (Å²) in [6.45, 7) is 2.02. The van der Waals surface area contributed by atoms with Crippen LogP contribution in [0, 0.1) is 5.82 Å². The van der Waals surface area contributed by atoms with Crippen LogP contribution in [0.2, 0.25) is 10.0 Å². The number of alkyl halides is 3. The summed E-state index contributed by atoms with van der Waals surface area (Å²) in [4.78, 5) is 28.4. The van der Waals surface area contributed by atoms with Crippen LogP contribution < -0.4 is 4.90 Å². The summed E-state index contributed by atoms with van der Waals surface area (Å²) in [6, 6.07) is 10.1. The number of amides is 1. The highest BCUT2D eigenvalue weighted by Crippen LogP contribution is 2.34. The van der Waals surface area contributed by atoms with Crippen LogP contribution in [0.25, 0.3) is 5.57 Å². The highest BCUT2D eigenvalue weighted by Gasteiger charge is 2.45. The largest absolute Gasteiger partial charge is 0.455 e. The summed E-state index contributed by atoms with van der Waals surface area (Å²) in [5.41, 5.74) is -0.393. The second-order valence-electron chi connectivity index (χ2n) is 7.18. The molecule has 0 N–H and O–H groups in total. The zero-order valence-electron chi connectivity index (χ0n) is 16.8. The number of piperazine rings is 1. The van der Waals surface area contributed by atoms with Crippen LogP contribution in [-0.4, -0.2) is 48.9 Å². The summed E-state index contributed by atoms with van der Waals surface area (Å²) in [5.74, 6) is -3.66. The van der Waals surface area contributed by atoms with E-state index in [4.69, 9.17) is 23.2 Å². The molecule has 0 saturated carbocycles. The van der Waals surface area contributed by atoms with Gasteiger partial charge in [0, 0.05) is 31.9 Å². The molecule has 1 aliphatic rings. The maximum atomic E-state index is 13.3. The van der Waals surface area contributed by atoms with Crippen molar-refractivity contribution in [1.29, 1.82) is 0 Å². The number of hydrogen-bond donors (Lipinski definition) is 0. The van der Waals surface area contributed by atoms with E-state index >= 15 is 0 Å². The molecular weight excluding hydrogens is 471 g/mol. The van der Waals surface area contributed by atoms with E-state index in [0.29, 0.717) is 13.1 Å². The molecule has 1 amide bonds. The van der Waals surface area contributed by atoms with Gasteiger partial charge >= 0.3 is 6.18 Å². The molecule has 2 aromatic rings. The van der Waals surface area contributed by atoms with Gasteiger partial charge in [-0.1, -0.05) is 35.3 Å². The van der Waals surface area contributed by atoms with Gasteiger partial charge in [-0.25, -0.2) is 4.39 Å². The highest BCUT2D eigenvalue weighted by molar-refractivity contribution is 6.43. The van der Waals surface area contributed by atoms with Gasteiger partial charge in [-0.3, -0.25) is 9.59 Å². The fourth-order valence-electron chi connectivity index (χ4n) is 3.48. The molecule has 0 unspecified atom stereocenters. The van der Waals surface area contributed by atoms with Crippen LogP contribution >= 0.6 is 23.2 Å². The number of allylic oxidation sites excluding steroid dienone is 1. The first-order valence-corrected chi connectivity index (χ1v) is 10.3. The Bertz CT molecular complexity index is 1060. The molecule has 32 heavy (non-hydrogen) atoms. The number of benzene rings is 2. The standard InChI is InChI=1S/C22H18Cl2F4N2O2/c1-13(16-3-2-4-17(23)19(16)24)18(20(31)22(26,27)28)21(32)30-11-9-29(10-12-30)15-7-5-14(25)6-8-15/h2-8H,9-12H2,1H3/b18-13+. The van der Waals surface area contributed by atoms with Gasteiger partial charge in [0.05, 0.1) is 15.6 Å². The Morgan fingerprint density at radius 1 is 0.938 bits per heavy atom. The molecule has 3 rings (SSSR count). The van der Waals surface area contributed by atoms with E-state index in [9.17, 15) is 27.2 Å². The van der Waals surface area contributed by atoms with E-state index < -0.39 is 29.3 Å². The number of ketones is 1. The van der Waals surface area contributed by atoms with Crippen molar-refractivity contribution in [2.24, 2.45) is 0 Å². The van der Waals surface area contributed by atoms with Crippen molar-refractivity contribution >= 4 is 46.2 Å². The van der Waals surface area contributed by atoms with Crippen LogP contribution in [0.4, 0.5) is 23.2 Å². The van der Waals surface area contributed by atoms with Gasteiger partial charge in [-0.15, -0.1) is 0 Å². The molecule has 1 saturated heterocycles. The van der Waals surface area contributed by atoms with Crippen LogP contribution in [0.1, 0.15) is 12.5 Å². The Balaban J connectivity index is 1.91. The smallest absolute Gasteiger partial charge is 0.368 e. The first-order chi connectivity index (χ1) is 15.0. The second kappa shape index (κ2) is 9.50. The Labute approximate surface area is 192 Å². The summed E-state index contributed by atoms with van der Waals surface area (Å²) in [7, 11) is 0. The number of carbonyl (C=O) groups is 2. The molecule has 1 fully saturated rings. The first-order valence-electron chi connectivity index (χ1n) is 9.57. The van der Waals surface area contributed by atoms with Gasteiger partial charge in [-0.05, 0) is 48.4 Å². The maximum Gasteiger partial charge on any atom is 0.455 e. The fraction of sp³-hybridized carbons (Fsp3) is 0.273. The minimum Gasteiger partial charge on any atom is -0.368 e. The van der Waals surface area contributed by atoms with E-state index in [0.717, 1.165) is 5.69 Å². The number of carbonyl (C=O) groups excluding carboxylic acids is 2. The monoisotopic (exact) mass is 488 g/mol. The normalized spacial score (nSPS) is 15.5. The minimum atomic E-state index is -5.24. The summed E-state index contributed by atoms with van der Waals surface area (Å²) < 4.78 is 53.2. The predicted molar refractivity (Wildman–Crippen MR) is 115 cm³/mol. The Hall–Kier alpha value is -2.58. The topological polar surface area (TPSA) is 40.6 Å². The molecule has 0 atom stereocenters. The highest BCUT2D eigenvalue weighted by atomic mass is 35.5. The molecule has 0 radical (unpaired) electrons. The fourth-order valence-corrected chi connectivity index (χ4v) is 3.92. The van der Waals surface area contributed by atoms with E-state index in [-0.39, 0.29) is 34.3 Å². The molecule has 0 aliphatic carbocycles. The number of Topliss-reactive ketones (excluding diaryl/α,β-unsaturated/α-hetero) is 1. The Morgan fingerprint density at radius 2 is 1.53 bits per heavy atom. The molecule has 0 aromatic heterocycles. The number of halogens is 6. The molecule has 170 valence electrons. The predicted octanol–water partition coefficient (Wildman–Crippen LogP) is 5.39. The number of rotatable bonds is 4. The molecule has 1 heterocycles. The number of hydrogen-bond acceptors (Lipinski definition) is 3. The van der Waals surface area contributed by atoms with Gasteiger partial charge in [0.2, 0.25) is 0 Å². The summed E-state index contributed by atoms with van der Waals surface area (Å²) in [6.07, 6.45) is -5.24. The summed E-state index contributed by atoms with van der Waals surface area (Å²) >= 11 is 12.1. The van der Waals surface area contributed by atoms with Crippen molar-refractivity contribution in [3.63, 3.8) is 0 Å². The lowest BCUT2D eigenvalue weighted by Crippen LogP contribution is -2.50. The first kappa shape index (κ1) is 24.1. The van der Waals surface area contributed by atoms with Gasteiger partial charge in [0.15, 0.2) is 0 Å². The Morgan fingerprint density at radius 3 is 2.09 bits per heavy atom. The minimum absolute atomic E-state index is 0.0481. The van der Waals surface area contributed by atoms with Crippen LogP contribution in [0.5, 0.6) is 0 Å². The molecule has 0 bridgehead atoms. The van der Waals surface area contributed by atoms with Gasteiger partial charge in [0.1, 0.15) is 5.82 Å².